The van der Waals surface area contributed by atoms with Crippen LogP contribution in [0.25, 0.3) is 11.0 Å². The van der Waals surface area contributed by atoms with Crippen LogP contribution in [0.5, 0.6) is 5.75 Å². The van der Waals surface area contributed by atoms with E-state index in [0.29, 0.717) is 0 Å². The van der Waals surface area contributed by atoms with Gasteiger partial charge >= 0.3 is 5.69 Å². The predicted octanol–water partition coefficient (Wildman–Crippen LogP) is 1.74. The number of aromatic nitrogens is 2. The van der Waals surface area contributed by atoms with Crippen molar-refractivity contribution in [2.75, 3.05) is 20.1 Å². The first kappa shape index (κ1) is 14.2. The smallest absolute Gasteiger partial charge is 0.328 e. The number of hydrogen-bond donors (Lipinski definition) is 0. The highest BCUT2D eigenvalue weighted by Crippen LogP contribution is 2.23. The maximum absolute atomic E-state index is 12.0. The lowest BCUT2D eigenvalue weighted by Crippen LogP contribution is -2.21. The monoisotopic (exact) mass is 289 g/mol. The topological polar surface area (TPSA) is 39.4 Å². The van der Waals surface area contributed by atoms with Gasteiger partial charge in [0.1, 0.15) is 5.75 Å². The molecule has 0 spiro atoms. The summed E-state index contributed by atoms with van der Waals surface area (Å²) >= 11 is 0. The quantitative estimate of drug-likeness (QED) is 0.845. The Labute approximate surface area is 124 Å². The van der Waals surface area contributed by atoms with E-state index in [1.54, 1.807) is 23.2 Å². The van der Waals surface area contributed by atoms with Crippen molar-refractivity contribution in [3.8, 4) is 5.75 Å². The Morgan fingerprint density at radius 1 is 1.05 bits per heavy atom. The van der Waals surface area contributed by atoms with Crippen LogP contribution in [0.2, 0.25) is 0 Å². The van der Waals surface area contributed by atoms with E-state index >= 15 is 0 Å². The predicted molar refractivity (Wildman–Crippen MR) is 83.9 cm³/mol. The molecular weight excluding hydrogens is 266 g/mol. The molecule has 114 valence electrons. The highest BCUT2D eigenvalue weighted by Gasteiger charge is 2.17. The summed E-state index contributed by atoms with van der Waals surface area (Å²) < 4.78 is 9.48. The third-order valence-electron chi connectivity index (χ3n) is 4.44. The molecule has 21 heavy (non-hydrogen) atoms. The molecule has 5 nitrogen and oxygen atoms in total. The van der Waals surface area contributed by atoms with Crippen molar-refractivity contribution >= 4 is 11.0 Å². The average molecular weight is 289 g/mol. The lowest BCUT2D eigenvalue weighted by atomic mass is 10.1. The second kappa shape index (κ2) is 5.56. The maximum Gasteiger partial charge on any atom is 0.328 e. The molecule has 0 bridgehead atoms. The van der Waals surface area contributed by atoms with E-state index in [0.717, 1.165) is 42.7 Å². The molecule has 1 aromatic carbocycles. The van der Waals surface area contributed by atoms with Gasteiger partial charge in [0.2, 0.25) is 0 Å². The molecule has 2 aromatic rings. The number of imidazole rings is 1. The van der Waals surface area contributed by atoms with E-state index in [1.165, 1.54) is 6.42 Å². The van der Waals surface area contributed by atoms with Gasteiger partial charge in [-0.3, -0.25) is 9.13 Å². The summed E-state index contributed by atoms with van der Waals surface area (Å²) in [6.07, 6.45) is 3.60. The van der Waals surface area contributed by atoms with Crippen LogP contribution in [0.1, 0.15) is 19.3 Å². The summed E-state index contributed by atoms with van der Waals surface area (Å²) in [7, 11) is 5.76. The molecule has 0 saturated carbocycles. The Morgan fingerprint density at radius 2 is 1.81 bits per heavy atom. The van der Waals surface area contributed by atoms with Crippen LogP contribution in [0.3, 0.4) is 0 Å². The molecule has 0 aliphatic carbocycles. The molecule has 1 aliphatic heterocycles. The number of likely N-dealkylation sites (tertiary alicyclic amines) is 1. The molecule has 1 unspecified atom stereocenters. The van der Waals surface area contributed by atoms with Crippen LogP contribution in [-0.4, -0.2) is 40.3 Å². The molecule has 5 heteroatoms. The van der Waals surface area contributed by atoms with Crippen LogP contribution >= 0.6 is 0 Å². The van der Waals surface area contributed by atoms with Crippen molar-refractivity contribution in [1.29, 1.82) is 0 Å². The van der Waals surface area contributed by atoms with Crippen molar-refractivity contribution in [3.05, 3.63) is 28.7 Å². The number of benzene rings is 1. The van der Waals surface area contributed by atoms with Crippen molar-refractivity contribution in [2.45, 2.75) is 25.4 Å². The Morgan fingerprint density at radius 3 is 2.62 bits per heavy atom. The molecule has 1 atom stereocenters. The molecule has 1 aliphatic rings. The van der Waals surface area contributed by atoms with Gasteiger partial charge in [0.15, 0.2) is 0 Å². The van der Waals surface area contributed by atoms with Crippen LogP contribution in [0, 0.1) is 0 Å². The highest BCUT2D eigenvalue weighted by atomic mass is 16.5. The van der Waals surface area contributed by atoms with Gasteiger partial charge in [0.05, 0.1) is 17.1 Å². The molecule has 1 aromatic heterocycles. The molecular formula is C16H23N3O2. The van der Waals surface area contributed by atoms with Crippen molar-refractivity contribution in [3.63, 3.8) is 0 Å². The summed E-state index contributed by atoms with van der Waals surface area (Å²) in [6, 6.07) is 5.91. The lowest BCUT2D eigenvalue weighted by molar-refractivity contribution is 0.183. The molecule has 1 saturated heterocycles. The molecule has 2 heterocycles. The van der Waals surface area contributed by atoms with Gasteiger partial charge in [-0.25, -0.2) is 4.79 Å². The number of rotatable bonds is 2. The minimum absolute atomic E-state index is 0.00163. The van der Waals surface area contributed by atoms with Crippen molar-refractivity contribution in [1.82, 2.24) is 14.0 Å². The van der Waals surface area contributed by atoms with Gasteiger partial charge in [0, 0.05) is 26.7 Å². The first-order valence-corrected chi connectivity index (χ1v) is 7.57. The van der Waals surface area contributed by atoms with Gasteiger partial charge in [-0.2, -0.15) is 0 Å². The highest BCUT2D eigenvalue weighted by molar-refractivity contribution is 5.77. The minimum Gasteiger partial charge on any atom is -0.490 e. The minimum atomic E-state index is -0.00163. The first-order valence-electron chi connectivity index (χ1n) is 7.57. The fraction of sp³-hybridized carbons (Fsp3) is 0.562. The van der Waals surface area contributed by atoms with Gasteiger partial charge in [-0.1, -0.05) is 0 Å². The Balaban J connectivity index is 1.84. The first-order chi connectivity index (χ1) is 10.1. The second-order valence-electron chi connectivity index (χ2n) is 6.03. The van der Waals surface area contributed by atoms with Crippen molar-refractivity contribution < 1.29 is 4.74 Å². The largest absolute Gasteiger partial charge is 0.490 e. The summed E-state index contributed by atoms with van der Waals surface area (Å²) in [6.45, 7) is 2.23. The lowest BCUT2D eigenvalue weighted by Gasteiger charge is -2.17. The summed E-state index contributed by atoms with van der Waals surface area (Å²) in [5.74, 6) is 0.859. The van der Waals surface area contributed by atoms with E-state index in [2.05, 4.69) is 11.9 Å². The van der Waals surface area contributed by atoms with Crippen LogP contribution in [-0.2, 0) is 14.1 Å². The van der Waals surface area contributed by atoms with Gasteiger partial charge in [0.25, 0.3) is 0 Å². The number of hydrogen-bond acceptors (Lipinski definition) is 3. The van der Waals surface area contributed by atoms with E-state index in [9.17, 15) is 4.79 Å². The molecule has 0 N–H and O–H groups in total. The van der Waals surface area contributed by atoms with Crippen LogP contribution in [0.15, 0.2) is 23.0 Å². The number of aryl methyl sites for hydroxylation is 2. The summed E-state index contributed by atoms with van der Waals surface area (Å²) in [5, 5.41) is 0. The third kappa shape index (κ3) is 2.70. The Bertz CT molecular complexity index is 701. The van der Waals surface area contributed by atoms with E-state index in [-0.39, 0.29) is 11.8 Å². The van der Waals surface area contributed by atoms with Gasteiger partial charge < -0.3 is 9.64 Å². The molecule has 1 fully saturated rings. The standard InChI is InChI=1S/C16H23N3O2/c1-17-9-4-5-12(8-10-17)21-13-6-7-14-15(11-13)19(3)16(20)18(14)2/h6-7,11-12H,4-5,8-10H2,1-3H3. The van der Waals surface area contributed by atoms with E-state index in [4.69, 9.17) is 4.74 Å². The second-order valence-corrected chi connectivity index (χ2v) is 6.03. The van der Waals surface area contributed by atoms with Crippen molar-refractivity contribution in [2.24, 2.45) is 14.1 Å². The number of ether oxygens (including phenoxy) is 1. The number of fused-ring (bicyclic) bond motifs is 1. The SMILES string of the molecule is CN1CCCC(Oc2ccc3c(c2)n(C)c(=O)n3C)CC1. The third-order valence-corrected chi connectivity index (χ3v) is 4.44. The van der Waals surface area contributed by atoms with E-state index < -0.39 is 0 Å². The number of nitrogens with zero attached hydrogens (tertiary/aromatic N) is 3. The zero-order valence-corrected chi connectivity index (χ0v) is 13.0. The Kier molecular flexibility index (Phi) is 3.76. The average Bonchev–Trinajstić information content (AvgIpc) is 2.63. The summed E-state index contributed by atoms with van der Waals surface area (Å²) in [5.41, 5.74) is 1.86. The fourth-order valence-corrected chi connectivity index (χ4v) is 3.08. The Hall–Kier alpha value is -1.75. The fourth-order valence-electron chi connectivity index (χ4n) is 3.08. The summed E-state index contributed by atoms with van der Waals surface area (Å²) in [4.78, 5) is 14.3. The molecule has 3 rings (SSSR count). The zero-order chi connectivity index (χ0) is 15.0. The molecule has 0 radical (unpaired) electrons. The molecule has 0 amide bonds. The normalized spacial score (nSPS) is 20.6. The van der Waals surface area contributed by atoms with Crippen LogP contribution in [0.4, 0.5) is 0 Å². The van der Waals surface area contributed by atoms with Crippen LogP contribution < -0.4 is 10.4 Å². The van der Waals surface area contributed by atoms with E-state index in [1.807, 2.05) is 18.2 Å². The van der Waals surface area contributed by atoms with Gasteiger partial charge in [-0.15, -0.1) is 0 Å². The van der Waals surface area contributed by atoms with Gasteiger partial charge in [-0.05, 0) is 45.0 Å². The zero-order valence-electron chi connectivity index (χ0n) is 13.0. The maximum atomic E-state index is 12.0.